The summed E-state index contributed by atoms with van der Waals surface area (Å²) >= 11 is 0. The first kappa shape index (κ1) is 15.8. The van der Waals surface area contributed by atoms with Gasteiger partial charge in [-0.05, 0) is 38.3 Å². The zero-order valence-corrected chi connectivity index (χ0v) is 12.3. The predicted octanol–water partition coefficient (Wildman–Crippen LogP) is 2.67. The Hall–Kier alpha value is -1.62. The van der Waals surface area contributed by atoms with Crippen LogP contribution in [-0.2, 0) is 9.53 Å². The van der Waals surface area contributed by atoms with Gasteiger partial charge in [-0.1, -0.05) is 12.1 Å². The first-order valence-corrected chi connectivity index (χ1v) is 7.44. The number of ether oxygens (including phenoxy) is 2. The van der Waals surface area contributed by atoms with Crippen molar-refractivity contribution in [3.05, 3.63) is 30.1 Å². The second-order valence-corrected chi connectivity index (χ2v) is 5.34. The molecule has 1 amide bonds. The van der Waals surface area contributed by atoms with Crippen LogP contribution in [0.1, 0.15) is 32.6 Å². The van der Waals surface area contributed by atoms with Crippen molar-refractivity contribution in [2.24, 2.45) is 0 Å². The van der Waals surface area contributed by atoms with Crippen molar-refractivity contribution in [1.29, 1.82) is 0 Å². The van der Waals surface area contributed by atoms with Gasteiger partial charge in [-0.3, -0.25) is 4.79 Å². The van der Waals surface area contributed by atoms with E-state index in [1.165, 1.54) is 6.07 Å². The van der Waals surface area contributed by atoms with Crippen molar-refractivity contribution in [2.45, 2.75) is 44.8 Å². The summed E-state index contributed by atoms with van der Waals surface area (Å²) in [5.74, 6) is -0.206. The first-order chi connectivity index (χ1) is 10.1. The van der Waals surface area contributed by atoms with Gasteiger partial charge in [0.1, 0.15) is 6.10 Å². The van der Waals surface area contributed by atoms with E-state index in [-0.39, 0.29) is 23.9 Å². The minimum Gasteiger partial charge on any atom is -0.486 e. The maximum Gasteiger partial charge on any atom is 0.220 e. The van der Waals surface area contributed by atoms with Crippen LogP contribution in [0.4, 0.5) is 4.39 Å². The summed E-state index contributed by atoms with van der Waals surface area (Å²) in [6.07, 6.45) is 3.28. The summed E-state index contributed by atoms with van der Waals surface area (Å²) in [5, 5.41) is 2.80. The molecule has 1 saturated heterocycles. The van der Waals surface area contributed by atoms with E-state index in [1.54, 1.807) is 25.1 Å². The van der Waals surface area contributed by atoms with Crippen LogP contribution >= 0.6 is 0 Å². The zero-order chi connectivity index (χ0) is 15.1. The molecule has 4 nitrogen and oxygen atoms in total. The second kappa shape index (κ2) is 7.98. The van der Waals surface area contributed by atoms with Gasteiger partial charge in [0.05, 0.1) is 12.6 Å². The normalized spacial score (nSPS) is 19.2. The fourth-order valence-corrected chi connectivity index (χ4v) is 2.31. The quantitative estimate of drug-likeness (QED) is 0.841. The fourth-order valence-electron chi connectivity index (χ4n) is 2.31. The summed E-state index contributed by atoms with van der Waals surface area (Å²) in [5.41, 5.74) is 0. The molecule has 1 aromatic carbocycles. The molecule has 116 valence electrons. The van der Waals surface area contributed by atoms with Gasteiger partial charge >= 0.3 is 0 Å². The van der Waals surface area contributed by atoms with Crippen molar-refractivity contribution >= 4 is 5.91 Å². The number of benzene rings is 1. The average Bonchev–Trinajstić information content (AvgIpc) is 2.99. The Labute approximate surface area is 124 Å². The monoisotopic (exact) mass is 295 g/mol. The molecular weight excluding hydrogens is 273 g/mol. The Bertz CT molecular complexity index is 461. The molecule has 0 aliphatic carbocycles. The van der Waals surface area contributed by atoms with Crippen molar-refractivity contribution in [3.8, 4) is 5.75 Å². The third-order valence-electron chi connectivity index (χ3n) is 3.47. The van der Waals surface area contributed by atoms with Crippen LogP contribution in [0.25, 0.3) is 0 Å². The summed E-state index contributed by atoms with van der Waals surface area (Å²) in [7, 11) is 0. The molecule has 0 radical (unpaired) electrons. The lowest BCUT2D eigenvalue weighted by atomic mass is 10.1. The molecule has 0 unspecified atom stereocenters. The van der Waals surface area contributed by atoms with Crippen molar-refractivity contribution < 1.29 is 18.7 Å². The minimum absolute atomic E-state index is 0.0190. The average molecular weight is 295 g/mol. The zero-order valence-electron chi connectivity index (χ0n) is 12.3. The number of amides is 1. The molecule has 1 N–H and O–H groups in total. The molecule has 0 spiro atoms. The Morgan fingerprint density at radius 3 is 3.05 bits per heavy atom. The smallest absolute Gasteiger partial charge is 0.220 e. The van der Waals surface area contributed by atoms with E-state index in [4.69, 9.17) is 9.47 Å². The van der Waals surface area contributed by atoms with Gasteiger partial charge in [0, 0.05) is 13.0 Å². The Balaban J connectivity index is 1.65. The molecule has 1 aliphatic rings. The predicted molar refractivity (Wildman–Crippen MR) is 77.7 cm³/mol. The van der Waals surface area contributed by atoms with Gasteiger partial charge in [0.25, 0.3) is 0 Å². The summed E-state index contributed by atoms with van der Waals surface area (Å²) in [4.78, 5) is 11.7. The topological polar surface area (TPSA) is 47.6 Å². The largest absolute Gasteiger partial charge is 0.486 e. The number of hydrogen-bond donors (Lipinski definition) is 1. The lowest BCUT2D eigenvalue weighted by Crippen LogP contribution is -2.34. The number of nitrogens with one attached hydrogen (secondary N) is 1. The van der Waals surface area contributed by atoms with Gasteiger partial charge in [-0.15, -0.1) is 0 Å². The van der Waals surface area contributed by atoms with Gasteiger partial charge in [0.2, 0.25) is 5.91 Å². The molecule has 2 rings (SSSR count). The minimum atomic E-state index is -0.394. The van der Waals surface area contributed by atoms with Crippen LogP contribution in [-0.4, -0.2) is 31.3 Å². The van der Waals surface area contributed by atoms with Gasteiger partial charge in [0.15, 0.2) is 11.6 Å². The first-order valence-electron chi connectivity index (χ1n) is 7.44. The number of para-hydroxylation sites is 1. The molecule has 1 aromatic rings. The van der Waals surface area contributed by atoms with Crippen LogP contribution in [0.15, 0.2) is 24.3 Å². The van der Waals surface area contributed by atoms with Crippen LogP contribution in [0.3, 0.4) is 0 Å². The third-order valence-corrected chi connectivity index (χ3v) is 3.47. The molecule has 0 bridgehead atoms. The molecule has 5 heteroatoms. The Morgan fingerprint density at radius 1 is 1.52 bits per heavy atom. The van der Waals surface area contributed by atoms with Gasteiger partial charge in [-0.2, -0.15) is 0 Å². The SMILES string of the molecule is C[C@@H](CNC(=O)CC[C@@H]1CCCO1)Oc1ccccc1F. The lowest BCUT2D eigenvalue weighted by molar-refractivity contribution is -0.122. The van der Waals surface area contributed by atoms with E-state index in [9.17, 15) is 9.18 Å². The van der Waals surface area contributed by atoms with E-state index in [0.717, 1.165) is 25.9 Å². The van der Waals surface area contributed by atoms with Crippen molar-refractivity contribution in [2.75, 3.05) is 13.2 Å². The molecule has 0 saturated carbocycles. The molecule has 1 heterocycles. The van der Waals surface area contributed by atoms with Crippen molar-refractivity contribution in [3.63, 3.8) is 0 Å². The number of halogens is 1. The van der Waals surface area contributed by atoms with E-state index in [2.05, 4.69) is 5.32 Å². The van der Waals surface area contributed by atoms with Crippen LogP contribution in [0, 0.1) is 5.82 Å². The molecular formula is C16H22FNO3. The number of carbonyl (C=O) groups is 1. The summed E-state index contributed by atoms with van der Waals surface area (Å²) in [6, 6.07) is 6.25. The number of carbonyl (C=O) groups excluding carboxylic acids is 1. The van der Waals surface area contributed by atoms with Gasteiger partial charge in [-0.25, -0.2) is 4.39 Å². The van der Waals surface area contributed by atoms with E-state index in [1.807, 2.05) is 0 Å². The molecule has 1 fully saturated rings. The molecule has 1 aliphatic heterocycles. The van der Waals surface area contributed by atoms with Crippen LogP contribution in [0.2, 0.25) is 0 Å². The number of hydrogen-bond acceptors (Lipinski definition) is 3. The lowest BCUT2D eigenvalue weighted by Gasteiger charge is -2.16. The maximum atomic E-state index is 13.4. The molecule has 21 heavy (non-hydrogen) atoms. The summed E-state index contributed by atoms with van der Waals surface area (Å²) in [6.45, 7) is 2.96. The fraction of sp³-hybridized carbons (Fsp3) is 0.562. The highest BCUT2D eigenvalue weighted by atomic mass is 19.1. The highest BCUT2D eigenvalue weighted by Gasteiger charge is 2.17. The van der Waals surface area contributed by atoms with E-state index >= 15 is 0 Å². The van der Waals surface area contributed by atoms with Crippen molar-refractivity contribution in [1.82, 2.24) is 5.32 Å². The standard InChI is InChI=1S/C16H22FNO3/c1-12(21-15-7-3-2-6-14(15)17)11-18-16(19)9-8-13-5-4-10-20-13/h2-3,6-7,12-13H,4-5,8-11H2,1H3,(H,18,19)/t12-,13-/m0/s1. The summed E-state index contributed by atoms with van der Waals surface area (Å²) < 4.78 is 24.3. The van der Waals surface area contributed by atoms with E-state index < -0.39 is 5.82 Å². The van der Waals surface area contributed by atoms with Crippen LogP contribution < -0.4 is 10.1 Å². The highest BCUT2D eigenvalue weighted by molar-refractivity contribution is 5.75. The highest BCUT2D eigenvalue weighted by Crippen LogP contribution is 2.17. The Morgan fingerprint density at radius 2 is 2.33 bits per heavy atom. The molecule has 2 atom stereocenters. The van der Waals surface area contributed by atoms with Gasteiger partial charge < -0.3 is 14.8 Å². The maximum absolute atomic E-state index is 13.4. The third kappa shape index (κ3) is 5.34. The second-order valence-electron chi connectivity index (χ2n) is 5.34. The van der Waals surface area contributed by atoms with E-state index in [0.29, 0.717) is 13.0 Å². The Kier molecular flexibility index (Phi) is 5.99. The molecule has 0 aromatic heterocycles. The van der Waals surface area contributed by atoms with Crippen LogP contribution in [0.5, 0.6) is 5.75 Å². The number of rotatable bonds is 7.